The van der Waals surface area contributed by atoms with Crippen LogP contribution >= 0.6 is 0 Å². The van der Waals surface area contributed by atoms with E-state index in [9.17, 15) is 4.39 Å². The summed E-state index contributed by atoms with van der Waals surface area (Å²) in [6, 6.07) is 4.59. The fraction of sp³-hybridized carbons (Fsp3) is 0.182. The first-order valence-electron chi connectivity index (χ1n) is 4.66. The van der Waals surface area contributed by atoms with Crippen molar-refractivity contribution in [2.24, 2.45) is 0 Å². The lowest BCUT2D eigenvalue weighted by Gasteiger charge is -2.07. The van der Waals surface area contributed by atoms with E-state index in [1.807, 2.05) is 20.0 Å². The van der Waals surface area contributed by atoms with Crippen molar-refractivity contribution >= 4 is 5.95 Å². The van der Waals surface area contributed by atoms with Gasteiger partial charge in [-0.25, -0.2) is 9.37 Å². The van der Waals surface area contributed by atoms with Crippen LogP contribution in [0, 0.1) is 19.7 Å². The van der Waals surface area contributed by atoms with Gasteiger partial charge in [0.15, 0.2) is 0 Å². The highest BCUT2D eigenvalue weighted by atomic mass is 19.1. The fourth-order valence-electron chi connectivity index (χ4n) is 1.60. The first kappa shape index (κ1) is 9.71. The van der Waals surface area contributed by atoms with Crippen LogP contribution in [0.25, 0.3) is 5.69 Å². The number of nitrogens with two attached hydrogens (primary N) is 1. The van der Waals surface area contributed by atoms with Gasteiger partial charge >= 0.3 is 0 Å². The number of hydrogen-bond donors (Lipinski definition) is 1. The average Bonchev–Trinajstić information content (AvgIpc) is 2.45. The molecule has 4 heteroatoms. The van der Waals surface area contributed by atoms with Gasteiger partial charge < -0.3 is 5.73 Å². The van der Waals surface area contributed by atoms with Gasteiger partial charge in [0.1, 0.15) is 5.82 Å². The van der Waals surface area contributed by atoms with Crippen molar-refractivity contribution in [2.45, 2.75) is 13.8 Å². The third-order valence-corrected chi connectivity index (χ3v) is 2.27. The number of imidazole rings is 1. The van der Waals surface area contributed by atoms with Crippen LogP contribution in [-0.4, -0.2) is 9.55 Å². The van der Waals surface area contributed by atoms with Gasteiger partial charge in [-0.05, 0) is 37.6 Å². The Morgan fingerprint density at radius 2 is 2.07 bits per heavy atom. The van der Waals surface area contributed by atoms with Crippen LogP contribution < -0.4 is 5.73 Å². The average molecular weight is 205 g/mol. The van der Waals surface area contributed by atoms with Crippen molar-refractivity contribution in [3.63, 3.8) is 0 Å². The molecule has 0 unspecified atom stereocenters. The quantitative estimate of drug-likeness (QED) is 0.775. The first-order chi connectivity index (χ1) is 7.08. The molecule has 0 aliphatic heterocycles. The molecule has 2 rings (SSSR count). The van der Waals surface area contributed by atoms with E-state index in [4.69, 9.17) is 5.73 Å². The molecule has 78 valence electrons. The van der Waals surface area contributed by atoms with Gasteiger partial charge in [0.25, 0.3) is 0 Å². The topological polar surface area (TPSA) is 43.8 Å². The van der Waals surface area contributed by atoms with Crippen LogP contribution in [0.3, 0.4) is 0 Å². The molecule has 0 fully saturated rings. The van der Waals surface area contributed by atoms with Gasteiger partial charge in [-0.1, -0.05) is 0 Å². The van der Waals surface area contributed by atoms with Crippen LogP contribution in [-0.2, 0) is 0 Å². The fourth-order valence-corrected chi connectivity index (χ4v) is 1.60. The molecule has 0 saturated heterocycles. The maximum Gasteiger partial charge on any atom is 0.205 e. The summed E-state index contributed by atoms with van der Waals surface area (Å²) >= 11 is 0. The van der Waals surface area contributed by atoms with Gasteiger partial charge in [-0.3, -0.25) is 4.57 Å². The van der Waals surface area contributed by atoms with Crippen molar-refractivity contribution in [1.82, 2.24) is 9.55 Å². The molecule has 0 radical (unpaired) electrons. The zero-order valence-electron chi connectivity index (χ0n) is 8.66. The minimum absolute atomic E-state index is 0.244. The zero-order chi connectivity index (χ0) is 11.0. The molecule has 2 aromatic rings. The van der Waals surface area contributed by atoms with E-state index in [2.05, 4.69) is 4.98 Å². The summed E-state index contributed by atoms with van der Waals surface area (Å²) in [4.78, 5) is 4.10. The smallest absolute Gasteiger partial charge is 0.205 e. The number of nitrogens with zero attached hydrogens (tertiary/aromatic N) is 2. The Morgan fingerprint density at radius 1 is 1.33 bits per heavy atom. The molecule has 3 nitrogen and oxygen atoms in total. The Labute approximate surface area is 87.4 Å². The van der Waals surface area contributed by atoms with E-state index >= 15 is 0 Å². The van der Waals surface area contributed by atoms with Gasteiger partial charge in [0.05, 0.1) is 11.4 Å². The zero-order valence-corrected chi connectivity index (χ0v) is 8.66. The molecular formula is C11H12FN3. The standard InChI is InChI=1S/C11H12FN3/c1-7-5-9(12)3-4-10(7)15-6-8(2)14-11(15)13/h3-6H,1-2H3,(H2,13,14). The highest BCUT2D eigenvalue weighted by molar-refractivity contribution is 5.46. The van der Waals surface area contributed by atoms with Gasteiger partial charge in [0, 0.05) is 6.20 Å². The summed E-state index contributed by atoms with van der Waals surface area (Å²) < 4.78 is 14.7. The van der Waals surface area contributed by atoms with Gasteiger partial charge in [-0.2, -0.15) is 0 Å². The third kappa shape index (κ3) is 1.70. The molecule has 0 spiro atoms. The normalized spacial score (nSPS) is 10.6. The summed E-state index contributed by atoms with van der Waals surface area (Å²) in [7, 11) is 0. The first-order valence-corrected chi connectivity index (χ1v) is 4.66. The van der Waals surface area contributed by atoms with Gasteiger partial charge in [-0.15, -0.1) is 0 Å². The largest absolute Gasteiger partial charge is 0.369 e. The van der Waals surface area contributed by atoms with E-state index in [0.29, 0.717) is 5.95 Å². The monoisotopic (exact) mass is 205 g/mol. The lowest BCUT2D eigenvalue weighted by Crippen LogP contribution is -2.01. The molecule has 1 aromatic heterocycles. The van der Waals surface area contributed by atoms with E-state index in [1.165, 1.54) is 12.1 Å². The molecule has 0 atom stereocenters. The van der Waals surface area contributed by atoms with Crippen LogP contribution in [0.5, 0.6) is 0 Å². The van der Waals surface area contributed by atoms with E-state index < -0.39 is 0 Å². The van der Waals surface area contributed by atoms with Crippen molar-refractivity contribution in [3.8, 4) is 5.69 Å². The number of nitrogen functional groups attached to an aromatic ring is 1. The lowest BCUT2D eigenvalue weighted by atomic mass is 10.2. The van der Waals surface area contributed by atoms with Crippen molar-refractivity contribution < 1.29 is 4.39 Å². The number of aryl methyl sites for hydroxylation is 2. The van der Waals surface area contributed by atoms with E-state index in [-0.39, 0.29) is 5.82 Å². The maximum atomic E-state index is 12.9. The second-order valence-electron chi connectivity index (χ2n) is 3.54. The SMILES string of the molecule is Cc1cn(-c2ccc(F)cc2C)c(N)n1. The number of rotatable bonds is 1. The molecular weight excluding hydrogens is 193 g/mol. The summed E-state index contributed by atoms with van der Waals surface area (Å²) in [6.45, 7) is 3.71. The molecule has 0 aliphatic rings. The van der Waals surface area contributed by atoms with Crippen molar-refractivity contribution in [2.75, 3.05) is 5.73 Å². The lowest BCUT2D eigenvalue weighted by molar-refractivity contribution is 0.626. The molecule has 1 heterocycles. The minimum Gasteiger partial charge on any atom is -0.369 e. The molecule has 0 amide bonds. The van der Waals surface area contributed by atoms with Crippen LogP contribution in [0.1, 0.15) is 11.3 Å². The second kappa shape index (κ2) is 3.38. The second-order valence-corrected chi connectivity index (χ2v) is 3.54. The van der Waals surface area contributed by atoms with Crippen LogP contribution in [0.15, 0.2) is 24.4 Å². The number of aromatic nitrogens is 2. The predicted molar refractivity (Wildman–Crippen MR) is 57.4 cm³/mol. The maximum absolute atomic E-state index is 12.9. The number of anilines is 1. The Balaban J connectivity index is 2.59. The number of hydrogen-bond acceptors (Lipinski definition) is 2. The molecule has 1 aromatic carbocycles. The Bertz CT molecular complexity index is 503. The minimum atomic E-state index is -0.244. The van der Waals surface area contributed by atoms with Crippen LogP contribution in [0.2, 0.25) is 0 Å². The highest BCUT2D eigenvalue weighted by Crippen LogP contribution is 2.18. The van der Waals surface area contributed by atoms with Gasteiger partial charge in [0.2, 0.25) is 5.95 Å². The Morgan fingerprint density at radius 3 is 2.60 bits per heavy atom. The van der Waals surface area contributed by atoms with Crippen LogP contribution in [0.4, 0.5) is 10.3 Å². The summed E-state index contributed by atoms with van der Waals surface area (Å²) in [5, 5.41) is 0. The molecule has 15 heavy (non-hydrogen) atoms. The summed E-state index contributed by atoms with van der Waals surface area (Å²) in [5.41, 5.74) is 8.27. The van der Waals surface area contributed by atoms with Crippen molar-refractivity contribution in [3.05, 3.63) is 41.5 Å². The molecule has 2 N–H and O–H groups in total. The summed E-state index contributed by atoms with van der Waals surface area (Å²) in [6.07, 6.45) is 1.83. The molecule has 0 bridgehead atoms. The Kier molecular flexibility index (Phi) is 2.19. The van der Waals surface area contributed by atoms with Crippen molar-refractivity contribution in [1.29, 1.82) is 0 Å². The molecule has 0 saturated carbocycles. The number of benzene rings is 1. The highest BCUT2D eigenvalue weighted by Gasteiger charge is 2.06. The van der Waals surface area contributed by atoms with E-state index in [1.54, 1.807) is 10.6 Å². The Hall–Kier alpha value is -1.84. The number of halogens is 1. The van der Waals surface area contributed by atoms with E-state index in [0.717, 1.165) is 16.9 Å². The predicted octanol–water partition coefficient (Wildman–Crippen LogP) is 2.21. The summed E-state index contributed by atoms with van der Waals surface area (Å²) in [5.74, 6) is 0.175. The molecule has 0 aliphatic carbocycles. The third-order valence-electron chi connectivity index (χ3n) is 2.27.